The SMILES string of the molecule is CC(=O)NC[C@H]1CN(c2ccc(C=CC(=O)N3CCN(c4nc5c(cc4F)c(=O)c(C(=O)O)cn5C4CC4)CC3)c(F)c2)C(=O)O1. The second-order valence-electron chi connectivity index (χ2n) is 11.4. The molecule has 0 radical (unpaired) electrons. The number of nitrogens with one attached hydrogen (secondary N) is 1. The first-order valence-electron chi connectivity index (χ1n) is 14.7. The zero-order chi connectivity index (χ0) is 32.7. The number of ether oxygens (including phenoxy) is 1. The van der Waals surface area contributed by atoms with Crippen LogP contribution in [0.3, 0.4) is 0 Å². The van der Waals surface area contributed by atoms with Crippen LogP contribution in [0.5, 0.6) is 0 Å². The fourth-order valence-electron chi connectivity index (χ4n) is 5.56. The van der Waals surface area contributed by atoms with Crippen molar-refractivity contribution in [3.8, 4) is 0 Å². The Morgan fingerprint density at radius 2 is 1.83 bits per heavy atom. The summed E-state index contributed by atoms with van der Waals surface area (Å²) < 4.78 is 37.0. The number of aromatic carboxylic acids is 1. The van der Waals surface area contributed by atoms with E-state index in [4.69, 9.17) is 4.74 Å². The fourth-order valence-corrected chi connectivity index (χ4v) is 5.56. The molecule has 1 aliphatic carbocycles. The van der Waals surface area contributed by atoms with Crippen molar-refractivity contribution in [3.63, 3.8) is 0 Å². The Balaban J connectivity index is 1.10. The van der Waals surface area contributed by atoms with Gasteiger partial charge in [-0.25, -0.2) is 23.4 Å². The number of carboxylic acid groups (broad SMARTS) is 1. The van der Waals surface area contributed by atoms with E-state index >= 15 is 4.39 Å². The van der Waals surface area contributed by atoms with Crippen LogP contribution in [0.4, 0.5) is 25.1 Å². The van der Waals surface area contributed by atoms with Crippen molar-refractivity contribution < 1.29 is 37.8 Å². The van der Waals surface area contributed by atoms with Gasteiger partial charge in [0.1, 0.15) is 23.1 Å². The van der Waals surface area contributed by atoms with E-state index in [1.807, 2.05) is 0 Å². The van der Waals surface area contributed by atoms with Gasteiger partial charge in [0.25, 0.3) is 0 Å². The highest BCUT2D eigenvalue weighted by molar-refractivity contribution is 5.93. The summed E-state index contributed by atoms with van der Waals surface area (Å²) in [4.78, 5) is 69.5. The second kappa shape index (κ2) is 12.2. The Morgan fingerprint density at radius 1 is 1.09 bits per heavy atom. The number of halogens is 2. The van der Waals surface area contributed by atoms with Crippen molar-refractivity contribution in [2.45, 2.75) is 31.9 Å². The van der Waals surface area contributed by atoms with Gasteiger partial charge in [-0.2, -0.15) is 0 Å². The van der Waals surface area contributed by atoms with Crippen molar-refractivity contribution in [1.29, 1.82) is 0 Å². The summed E-state index contributed by atoms with van der Waals surface area (Å²) in [7, 11) is 0. The quantitative estimate of drug-likeness (QED) is 0.355. The highest BCUT2D eigenvalue weighted by Crippen LogP contribution is 2.37. The maximum atomic E-state index is 15.2. The van der Waals surface area contributed by atoms with E-state index in [1.165, 1.54) is 53.3 Å². The van der Waals surface area contributed by atoms with Crippen LogP contribution in [0.25, 0.3) is 17.1 Å². The van der Waals surface area contributed by atoms with Gasteiger partial charge in [0.2, 0.25) is 17.2 Å². The number of cyclic esters (lactones) is 1. The number of aromatic nitrogens is 2. The van der Waals surface area contributed by atoms with Gasteiger partial charge in [-0.05, 0) is 43.2 Å². The maximum Gasteiger partial charge on any atom is 0.414 e. The van der Waals surface area contributed by atoms with Crippen molar-refractivity contribution in [2.75, 3.05) is 49.1 Å². The molecule has 3 aromatic rings. The van der Waals surface area contributed by atoms with E-state index in [9.17, 15) is 33.5 Å². The molecule has 15 heteroatoms. The van der Waals surface area contributed by atoms with Gasteiger partial charge in [0.05, 0.1) is 24.2 Å². The number of carbonyl (C=O) groups excluding carboxylic acids is 3. The lowest BCUT2D eigenvalue weighted by Crippen LogP contribution is -2.48. The predicted molar refractivity (Wildman–Crippen MR) is 162 cm³/mol. The molecule has 6 rings (SSSR count). The molecule has 240 valence electrons. The lowest BCUT2D eigenvalue weighted by molar-refractivity contribution is -0.126. The highest BCUT2D eigenvalue weighted by Gasteiger charge is 2.33. The Hall–Kier alpha value is -5.34. The monoisotopic (exact) mass is 636 g/mol. The van der Waals surface area contributed by atoms with Crippen LogP contribution in [-0.4, -0.2) is 88.8 Å². The number of piperazine rings is 1. The van der Waals surface area contributed by atoms with Gasteiger partial charge >= 0.3 is 12.1 Å². The number of hydrogen-bond acceptors (Lipinski definition) is 8. The smallest absolute Gasteiger partial charge is 0.414 e. The molecule has 3 fully saturated rings. The Bertz CT molecular complexity index is 1850. The zero-order valence-electron chi connectivity index (χ0n) is 24.7. The van der Waals surface area contributed by atoms with Crippen LogP contribution in [0, 0.1) is 11.6 Å². The molecular weight excluding hydrogens is 606 g/mol. The number of amides is 3. The summed E-state index contributed by atoms with van der Waals surface area (Å²) >= 11 is 0. The van der Waals surface area contributed by atoms with Gasteiger partial charge in [-0.3, -0.25) is 19.3 Å². The van der Waals surface area contributed by atoms with E-state index in [1.54, 1.807) is 9.47 Å². The minimum absolute atomic E-state index is 0.0116. The fraction of sp³-hybridized carbons (Fsp3) is 0.355. The third-order valence-electron chi connectivity index (χ3n) is 8.15. The molecule has 0 unspecified atom stereocenters. The molecule has 2 saturated heterocycles. The molecule has 0 bridgehead atoms. The Morgan fingerprint density at radius 3 is 2.48 bits per heavy atom. The van der Waals surface area contributed by atoms with E-state index in [2.05, 4.69) is 10.3 Å². The minimum Gasteiger partial charge on any atom is -0.477 e. The molecule has 4 heterocycles. The average Bonchev–Trinajstić information content (AvgIpc) is 3.80. The number of nitrogens with zero attached hydrogens (tertiary/aromatic N) is 5. The number of carbonyl (C=O) groups is 4. The predicted octanol–water partition coefficient (Wildman–Crippen LogP) is 2.53. The summed E-state index contributed by atoms with van der Waals surface area (Å²) in [6.45, 7) is 2.58. The first-order chi connectivity index (χ1) is 22.0. The lowest BCUT2D eigenvalue weighted by Gasteiger charge is -2.35. The van der Waals surface area contributed by atoms with Crippen molar-refractivity contribution in [1.82, 2.24) is 19.8 Å². The molecule has 1 saturated carbocycles. The Kier molecular flexibility index (Phi) is 8.15. The Labute approximate surface area is 260 Å². The van der Waals surface area contributed by atoms with Crippen LogP contribution in [0.2, 0.25) is 0 Å². The highest BCUT2D eigenvalue weighted by atomic mass is 19.1. The number of fused-ring (bicyclic) bond motifs is 1. The van der Waals surface area contributed by atoms with E-state index in [0.29, 0.717) is 0 Å². The van der Waals surface area contributed by atoms with Gasteiger partial charge < -0.3 is 29.5 Å². The summed E-state index contributed by atoms with van der Waals surface area (Å²) in [5.74, 6) is -3.42. The summed E-state index contributed by atoms with van der Waals surface area (Å²) in [6.07, 6.45) is 4.21. The number of benzene rings is 1. The number of carboxylic acids is 1. The number of rotatable bonds is 8. The van der Waals surface area contributed by atoms with Crippen LogP contribution in [0.15, 0.2) is 41.3 Å². The summed E-state index contributed by atoms with van der Waals surface area (Å²) in [6, 6.07) is 5.16. The molecule has 46 heavy (non-hydrogen) atoms. The van der Waals surface area contributed by atoms with Crippen LogP contribution >= 0.6 is 0 Å². The lowest BCUT2D eigenvalue weighted by atomic mass is 10.1. The molecule has 3 aliphatic rings. The third-order valence-corrected chi connectivity index (χ3v) is 8.15. The molecule has 1 atom stereocenters. The van der Waals surface area contributed by atoms with Crippen molar-refractivity contribution in [3.05, 3.63) is 69.5 Å². The van der Waals surface area contributed by atoms with Crippen LogP contribution < -0.4 is 20.5 Å². The van der Waals surface area contributed by atoms with E-state index in [-0.39, 0.29) is 85.2 Å². The number of anilines is 2. The number of hydrogen-bond donors (Lipinski definition) is 2. The zero-order valence-corrected chi connectivity index (χ0v) is 24.7. The van der Waals surface area contributed by atoms with Crippen molar-refractivity contribution in [2.24, 2.45) is 0 Å². The topological polar surface area (TPSA) is 154 Å². The first kappa shape index (κ1) is 30.7. The van der Waals surface area contributed by atoms with Crippen molar-refractivity contribution >= 4 is 52.5 Å². The van der Waals surface area contributed by atoms with Crippen LogP contribution in [0.1, 0.15) is 41.7 Å². The molecule has 2 aliphatic heterocycles. The van der Waals surface area contributed by atoms with Crippen LogP contribution in [-0.2, 0) is 14.3 Å². The van der Waals surface area contributed by atoms with E-state index < -0.39 is 40.8 Å². The number of pyridine rings is 2. The van der Waals surface area contributed by atoms with Gasteiger partial charge in [0.15, 0.2) is 11.6 Å². The average molecular weight is 637 g/mol. The van der Waals surface area contributed by atoms with Gasteiger partial charge in [0, 0.05) is 57.0 Å². The molecule has 0 spiro atoms. The third kappa shape index (κ3) is 6.12. The summed E-state index contributed by atoms with van der Waals surface area (Å²) in [5.41, 5.74) is -0.605. The molecule has 3 amide bonds. The molecule has 13 nitrogen and oxygen atoms in total. The largest absolute Gasteiger partial charge is 0.477 e. The molecule has 1 aromatic carbocycles. The summed E-state index contributed by atoms with van der Waals surface area (Å²) in [5, 5.41) is 11.9. The molecule has 2 aromatic heterocycles. The van der Waals surface area contributed by atoms with Gasteiger partial charge in [-0.15, -0.1) is 0 Å². The van der Waals surface area contributed by atoms with E-state index in [0.717, 1.165) is 18.9 Å². The van der Waals surface area contributed by atoms with Gasteiger partial charge in [-0.1, -0.05) is 0 Å². The maximum absolute atomic E-state index is 15.2. The normalized spacial score (nSPS) is 18.4. The molecular formula is C31H30F2N6O7. The standard InChI is InChI=1S/C31H30F2N6O7/c1-17(40)34-14-21-15-39(31(45)46-21)20-4-2-18(24(32)12-20)3-7-26(41)36-8-10-37(11-9-36)29-25(33)13-22-27(42)23(30(43)44)16-38(19-5-6-19)28(22)35-29/h2-4,7,12-13,16,19,21H,5-6,8-11,14-15H2,1H3,(H,34,40)(H,43,44)/t21-/m0/s1. The first-order valence-corrected chi connectivity index (χ1v) is 14.7. The molecule has 2 N–H and O–H groups in total. The minimum atomic E-state index is -1.39. The second-order valence-corrected chi connectivity index (χ2v) is 11.4.